The summed E-state index contributed by atoms with van der Waals surface area (Å²) < 4.78 is 0. The quantitative estimate of drug-likeness (QED) is 0.500. The van der Waals surface area contributed by atoms with Gasteiger partial charge in [-0.15, -0.1) is 0 Å². The van der Waals surface area contributed by atoms with Crippen LogP contribution in [-0.4, -0.2) is 22.3 Å². The van der Waals surface area contributed by atoms with Crippen molar-refractivity contribution in [2.75, 3.05) is 0 Å². The molecule has 6 atom stereocenters. The van der Waals surface area contributed by atoms with Gasteiger partial charge in [0.1, 0.15) is 0 Å². The van der Waals surface area contributed by atoms with E-state index in [1.165, 1.54) is 62.5 Å². The molecule has 1 aromatic rings. The Morgan fingerprint density at radius 3 is 1.63 bits per heavy atom. The summed E-state index contributed by atoms with van der Waals surface area (Å²) in [6.07, 6.45) is 11.0. The van der Waals surface area contributed by atoms with Gasteiger partial charge in [0, 0.05) is 25.2 Å². The fourth-order valence-corrected chi connectivity index (χ4v) is 6.94. The minimum Gasteiger partial charge on any atom is -0.360 e. The average molecular weight is 443 g/mol. The molecule has 6 heteroatoms. The van der Waals surface area contributed by atoms with E-state index >= 15 is 0 Å². The number of nitrogens with one attached hydrogen (secondary N) is 4. The van der Waals surface area contributed by atoms with E-state index in [0.29, 0.717) is 12.1 Å². The molecule has 0 radical (unpaired) electrons. The van der Waals surface area contributed by atoms with Crippen LogP contribution < -0.4 is 21.3 Å². The van der Waals surface area contributed by atoms with Gasteiger partial charge in [0.25, 0.3) is 0 Å². The predicted octanol–water partition coefficient (Wildman–Crippen LogP) is 3.99. The van der Waals surface area contributed by atoms with E-state index < -0.39 is 0 Å². The zero-order valence-electron chi connectivity index (χ0n) is 17.7. The molecule has 4 bridgehead atoms. The molecule has 0 amide bonds. The van der Waals surface area contributed by atoms with Crippen LogP contribution in [0.5, 0.6) is 0 Å². The highest BCUT2D eigenvalue weighted by atomic mass is 32.1. The largest absolute Gasteiger partial charge is 0.360 e. The molecule has 4 saturated carbocycles. The van der Waals surface area contributed by atoms with Crippen molar-refractivity contribution in [3.8, 4) is 0 Å². The van der Waals surface area contributed by atoms with Crippen molar-refractivity contribution in [3.63, 3.8) is 0 Å². The molecular weight excluding hydrogens is 408 g/mol. The Hall–Kier alpha value is -1.40. The second-order valence-corrected chi connectivity index (χ2v) is 10.9. The molecule has 30 heavy (non-hydrogen) atoms. The van der Waals surface area contributed by atoms with Gasteiger partial charge in [-0.05, 0) is 97.8 Å². The summed E-state index contributed by atoms with van der Waals surface area (Å²) in [5.41, 5.74) is 2.50. The average Bonchev–Trinajstić information content (AvgIpc) is 3.53. The van der Waals surface area contributed by atoms with E-state index in [2.05, 4.69) is 45.5 Å². The zero-order valence-corrected chi connectivity index (χ0v) is 19.3. The smallest absolute Gasteiger partial charge is 0.166 e. The first-order valence-corrected chi connectivity index (χ1v) is 12.6. The molecule has 0 saturated heterocycles. The zero-order chi connectivity index (χ0) is 20.5. The van der Waals surface area contributed by atoms with Gasteiger partial charge in [-0.1, -0.05) is 37.1 Å². The van der Waals surface area contributed by atoms with Crippen LogP contribution >= 0.6 is 24.4 Å². The summed E-state index contributed by atoms with van der Waals surface area (Å²) in [7, 11) is 0. The van der Waals surface area contributed by atoms with E-state index in [4.69, 9.17) is 24.4 Å². The highest BCUT2D eigenvalue weighted by Gasteiger charge is 2.40. The van der Waals surface area contributed by atoms with Crippen LogP contribution in [0.1, 0.15) is 62.5 Å². The standard InChI is InChI=1S/C24H34N4S2/c29-23(27-21-11-15-4-6-19(21)9-15)25-13-17-2-1-3-18(8-17)14-26-24(30)28-22-12-16-5-7-20(22)10-16/h1-3,8,15-16,19-22H,4-7,9-14H2,(H2,25,27,29)(H2,26,28,30)/t15-,16+,19-,20-,21-,22-/m1/s1. The van der Waals surface area contributed by atoms with Gasteiger partial charge in [-0.2, -0.15) is 0 Å². The molecule has 162 valence electrons. The maximum absolute atomic E-state index is 5.55. The Morgan fingerprint density at radius 1 is 0.733 bits per heavy atom. The molecular formula is C24H34N4S2. The van der Waals surface area contributed by atoms with Crippen molar-refractivity contribution >= 4 is 34.7 Å². The number of hydrogen-bond acceptors (Lipinski definition) is 2. The molecule has 0 heterocycles. The Morgan fingerprint density at radius 2 is 1.23 bits per heavy atom. The van der Waals surface area contributed by atoms with Crippen LogP contribution in [0.3, 0.4) is 0 Å². The number of benzene rings is 1. The Labute approximate surface area is 191 Å². The second-order valence-electron chi connectivity index (χ2n) is 10.0. The summed E-state index contributed by atoms with van der Waals surface area (Å²) in [5, 5.41) is 15.5. The van der Waals surface area contributed by atoms with Gasteiger partial charge in [-0.25, -0.2) is 0 Å². The first-order chi connectivity index (χ1) is 14.6. The number of fused-ring (bicyclic) bond motifs is 4. The molecule has 0 aromatic heterocycles. The maximum Gasteiger partial charge on any atom is 0.166 e. The highest BCUT2D eigenvalue weighted by Crippen LogP contribution is 2.45. The van der Waals surface area contributed by atoms with Gasteiger partial charge >= 0.3 is 0 Å². The van der Waals surface area contributed by atoms with Gasteiger partial charge in [-0.3, -0.25) is 0 Å². The summed E-state index contributed by atoms with van der Waals surface area (Å²) in [5.74, 6) is 3.54. The van der Waals surface area contributed by atoms with Crippen molar-refractivity contribution in [2.45, 2.75) is 76.5 Å². The van der Waals surface area contributed by atoms with Gasteiger partial charge < -0.3 is 21.3 Å². The molecule has 5 rings (SSSR count). The number of rotatable bonds is 6. The molecule has 4 fully saturated rings. The SMILES string of the molecule is S=C(NCc1cccc(CNC(=S)N[C@@H]2C[C@H]3CC[C@@H]2C3)c1)N[C@@H]1C[C@@H]2CC[C@@H]1C2. The van der Waals surface area contributed by atoms with Crippen LogP contribution in [0.15, 0.2) is 24.3 Å². The fourth-order valence-electron chi connectivity index (χ4n) is 6.50. The molecule has 4 nitrogen and oxygen atoms in total. The normalized spacial score (nSPS) is 33.5. The number of hydrogen-bond donors (Lipinski definition) is 4. The van der Waals surface area contributed by atoms with Crippen LogP contribution in [0.25, 0.3) is 0 Å². The lowest BCUT2D eigenvalue weighted by Gasteiger charge is -2.25. The molecule has 0 aliphatic heterocycles. The third kappa shape index (κ3) is 4.75. The molecule has 1 aromatic carbocycles. The number of thiocarbonyl (C=S) groups is 2. The maximum atomic E-state index is 5.55. The highest BCUT2D eigenvalue weighted by molar-refractivity contribution is 7.80. The van der Waals surface area contributed by atoms with Crippen molar-refractivity contribution in [2.24, 2.45) is 23.7 Å². The van der Waals surface area contributed by atoms with E-state index in [9.17, 15) is 0 Å². The first-order valence-electron chi connectivity index (χ1n) is 11.8. The lowest BCUT2D eigenvalue weighted by molar-refractivity contribution is 0.389. The second kappa shape index (κ2) is 8.99. The van der Waals surface area contributed by atoms with Gasteiger partial charge in [0.05, 0.1) is 0 Å². The fraction of sp³-hybridized carbons (Fsp3) is 0.667. The summed E-state index contributed by atoms with van der Waals surface area (Å²) >= 11 is 11.1. The summed E-state index contributed by atoms with van der Waals surface area (Å²) in [6.45, 7) is 1.52. The molecule has 4 aliphatic rings. The minimum absolute atomic E-state index is 0.586. The summed E-state index contributed by atoms with van der Waals surface area (Å²) in [4.78, 5) is 0. The van der Waals surface area contributed by atoms with Crippen LogP contribution in [0.2, 0.25) is 0 Å². The molecule has 4 N–H and O–H groups in total. The summed E-state index contributed by atoms with van der Waals surface area (Å²) in [6, 6.07) is 9.84. The van der Waals surface area contributed by atoms with Crippen LogP contribution in [-0.2, 0) is 13.1 Å². The first kappa shape index (κ1) is 20.5. The lowest BCUT2D eigenvalue weighted by Crippen LogP contribution is -2.44. The van der Waals surface area contributed by atoms with Gasteiger partial charge in [0.15, 0.2) is 10.2 Å². The molecule has 4 aliphatic carbocycles. The Balaban J connectivity index is 1.04. The lowest BCUT2D eigenvalue weighted by atomic mass is 9.95. The van der Waals surface area contributed by atoms with E-state index in [1.807, 2.05) is 0 Å². The molecule has 0 unspecified atom stereocenters. The third-order valence-electron chi connectivity index (χ3n) is 8.01. The van der Waals surface area contributed by atoms with E-state index in [0.717, 1.165) is 47.0 Å². The van der Waals surface area contributed by atoms with Crippen LogP contribution in [0.4, 0.5) is 0 Å². The van der Waals surface area contributed by atoms with Gasteiger partial charge in [0.2, 0.25) is 0 Å². The van der Waals surface area contributed by atoms with E-state index in [-0.39, 0.29) is 0 Å². The minimum atomic E-state index is 0.586. The van der Waals surface area contributed by atoms with Crippen molar-refractivity contribution < 1.29 is 0 Å². The topological polar surface area (TPSA) is 48.1 Å². The predicted molar refractivity (Wildman–Crippen MR) is 130 cm³/mol. The third-order valence-corrected chi connectivity index (χ3v) is 8.53. The van der Waals surface area contributed by atoms with Crippen molar-refractivity contribution in [3.05, 3.63) is 35.4 Å². The Kier molecular flexibility index (Phi) is 6.15. The molecule has 0 spiro atoms. The van der Waals surface area contributed by atoms with Crippen molar-refractivity contribution in [1.29, 1.82) is 0 Å². The van der Waals surface area contributed by atoms with E-state index in [1.54, 1.807) is 0 Å². The Bertz CT molecular complexity index is 736. The monoisotopic (exact) mass is 442 g/mol. The van der Waals surface area contributed by atoms with Crippen LogP contribution in [0, 0.1) is 23.7 Å². The van der Waals surface area contributed by atoms with Crippen molar-refractivity contribution in [1.82, 2.24) is 21.3 Å².